The molecule has 1 aliphatic rings. The lowest BCUT2D eigenvalue weighted by Gasteiger charge is -2.16. The van der Waals surface area contributed by atoms with E-state index >= 15 is 0 Å². The summed E-state index contributed by atoms with van der Waals surface area (Å²) in [5, 5.41) is 0. The third-order valence-electron chi connectivity index (χ3n) is 2.75. The minimum Gasteiger partial charge on any atom is -0.342 e. The van der Waals surface area contributed by atoms with Gasteiger partial charge >= 0.3 is 0 Å². The summed E-state index contributed by atoms with van der Waals surface area (Å²) in [5.74, 6) is 1.85. The average Bonchev–Trinajstić information content (AvgIpc) is 2.50. The van der Waals surface area contributed by atoms with Crippen LogP contribution in [0.1, 0.15) is 40.0 Å². The highest BCUT2D eigenvalue weighted by molar-refractivity contribution is 5.76. The summed E-state index contributed by atoms with van der Waals surface area (Å²) in [6.07, 6.45) is 3.14. The molecule has 13 heavy (non-hydrogen) atoms. The van der Waals surface area contributed by atoms with E-state index in [-0.39, 0.29) is 0 Å². The van der Waals surface area contributed by atoms with Crippen molar-refractivity contribution in [3.05, 3.63) is 0 Å². The Labute approximate surface area is 81.3 Å². The van der Waals surface area contributed by atoms with Gasteiger partial charge in [-0.2, -0.15) is 0 Å². The number of amides is 1. The summed E-state index contributed by atoms with van der Waals surface area (Å²) in [4.78, 5) is 13.4. The molecule has 1 rings (SSSR count). The number of carbonyl (C=O) groups excluding carboxylic acids is 1. The maximum atomic E-state index is 11.4. The molecule has 0 aliphatic carbocycles. The Hall–Kier alpha value is -0.530. The lowest BCUT2D eigenvalue weighted by atomic mass is 9.97. The summed E-state index contributed by atoms with van der Waals surface area (Å²) >= 11 is 0. The number of hydrogen-bond acceptors (Lipinski definition) is 1. The standard InChI is InChI=1S/C11H21NO/c1-4-11(13)12-6-5-10(8-12)7-9(2)3/h9-10H,4-8H2,1-3H3. The predicted octanol–water partition coefficient (Wildman–Crippen LogP) is 2.29. The van der Waals surface area contributed by atoms with E-state index in [1.165, 1.54) is 12.8 Å². The highest BCUT2D eigenvalue weighted by Crippen LogP contribution is 2.23. The van der Waals surface area contributed by atoms with E-state index in [0.717, 1.165) is 24.9 Å². The summed E-state index contributed by atoms with van der Waals surface area (Å²) < 4.78 is 0. The zero-order valence-electron chi connectivity index (χ0n) is 9.05. The van der Waals surface area contributed by atoms with Crippen LogP contribution in [0.15, 0.2) is 0 Å². The third-order valence-corrected chi connectivity index (χ3v) is 2.75. The van der Waals surface area contributed by atoms with E-state index < -0.39 is 0 Å². The first kappa shape index (κ1) is 10.6. The SMILES string of the molecule is CCC(=O)N1CCC(CC(C)C)C1. The van der Waals surface area contributed by atoms with Gasteiger partial charge in [-0.15, -0.1) is 0 Å². The Kier molecular flexibility index (Phi) is 3.76. The van der Waals surface area contributed by atoms with Crippen molar-refractivity contribution in [2.75, 3.05) is 13.1 Å². The highest BCUT2D eigenvalue weighted by Gasteiger charge is 2.25. The summed E-state index contributed by atoms with van der Waals surface area (Å²) in [7, 11) is 0. The zero-order chi connectivity index (χ0) is 9.84. The zero-order valence-corrected chi connectivity index (χ0v) is 9.05. The number of rotatable bonds is 3. The van der Waals surface area contributed by atoms with E-state index in [9.17, 15) is 4.79 Å². The molecule has 1 aliphatic heterocycles. The molecule has 0 aromatic rings. The van der Waals surface area contributed by atoms with Gasteiger partial charge in [0, 0.05) is 19.5 Å². The van der Waals surface area contributed by atoms with Crippen LogP contribution in [0.3, 0.4) is 0 Å². The first-order chi connectivity index (χ1) is 6.13. The summed E-state index contributed by atoms with van der Waals surface area (Å²) in [5.41, 5.74) is 0. The van der Waals surface area contributed by atoms with E-state index in [4.69, 9.17) is 0 Å². The Morgan fingerprint density at radius 3 is 2.77 bits per heavy atom. The van der Waals surface area contributed by atoms with Gasteiger partial charge in [-0.25, -0.2) is 0 Å². The van der Waals surface area contributed by atoms with E-state index in [1.807, 2.05) is 11.8 Å². The molecule has 0 spiro atoms. The van der Waals surface area contributed by atoms with Crippen molar-refractivity contribution in [3.8, 4) is 0 Å². The van der Waals surface area contributed by atoms with Crippen molar-refractivity contribution in [3.63, 3.8) is 0 Å². The van der Waals surface area contributed by atoms with Crippen molar-refractivity contribution in [1.29, 1.82) is 0 Å². The second kappa shape index (κ2) is 4.64. The van der Waals surface area contributed by atoms with Crippen LogP contribution < -0.4 is 0 Å². The molecule has 76 valence electrons. The Balaban J connectivity index is 2.32. The molecular weight excluding hydrogens is 162 g/mol. The molecule has 0 radical (unpaired) electrons. The van der Waals surface area contributed by atoms with Crippen LogP contribution in [0.4, 0.5) is 0 Å². The number of hydrogen-bond donors (Lipinski definition) is 0. The molecule has 1 atom stereocenters. The molecule has 2 nitrogen and oxygen atoms in total. The number of likely N-dealkylation sites (tertiary alicyclic amines) is 1. The van der Waals surface area contributed by atoms with Crippen molar-refractivity contribution < 1.29 is 4.79 Å². The second-order valence-corrected chi connectivity index (χ2v) is 4.48. The van der Waals surface area contributed by atoms with Gasteiger partial charge in [-0.05, 0) is 24.7 Å². The minimum atomic E-state index is 0.325. The van der Waals surface area contributed by atoms with Crippen molar-refractivity contribution in [2.24, 2.45) is 11.8 Å². The molecular formula is C11H21NO. The van der Waals surface area contributed by atoms with Gasteiger partial charge in [0.25, 0.3) is 0 Å². The van der Waals surface area contributed by atoms with Gasteiger partial charge < -0.3 is 4.90 Å². The largest absolute Gasteiger partial charge is 0.342 e. The van der Waals surface area contributed by atoms with Crippen molar-refractivity contribution >= 4 is 5.91 Å². The average molecular weight is 183 g/mol. The maximum absolute atomic E-state index is 11.4. The van der Waals surface area contributed by atoms with E-state index in [1.54, 1.807) is 0 Å². The van der Waals surface area contributed by atoms with Gasteiger partial charge in [0.15, 0.2) is 0 Å². The molecule has 1 amide bonds. The van der Waals surface area contributed by atoms with Crippen LogP contribution in [0.2, 0.25) is 0 Å². The van der Waals surface area contributed by atoms with Gasteiger partial charge in [0.05, 0.1) is 0 Å². The fraction of sp³-hybridized carbons (Fsp3) is 0.909. The third kappa shape index (κ3) is 3.02. The molecule has 2 heteroatoms. The molecule has 0 aromatic heterocycles. The fourth-order valence-electron chi connectivity index (χ4n) is 2.14. The van der Waals surface area contributed by atoms with Gasteiger partial charge in [0.2, 0.25) is 5.91 Å². The van der Waals surface area contributed by atoms with Crippen LogP contribution in [-0.4, -0.2) is 23.9 Å². The fourth-order valence-corrected chi connectivity index (χ4v) is 2.14. The smallest absolute Gasteiger partial charge is 0.222 e. The van der Waals surface area contributed by atoms with Crippen LogP contribution >= 0.6 is 0 Å². The predicted molar refractivity (Wildman–Crippen MR) is 54.4 cm³/mol. The molecule has 0 bridgehead atoms. The lowest BCUT2D eigenvalue weighted by molar-refractivity contribution is -0.129. The highest BCUT2D eigenvalue weighted by atomic mass is 16.2. The molecule has 0 aromatic carbocycles. The number of carbonyl (C=O) groups is 1. The molecule has 0 N–H and O–H groups in total. The van der Waals surface area contributed by atoms with Crippen LogP contribution in [0.5, 0.6) is 0 Å². The monoisotopic (exact) mass is 183 g/mol. The quantitative estimate of drug-likeness (QED) is 0.657. The second-order valence-electron chi connectivity index (χ2n) is 4.48. The number of nitrogens with zero attached hydrogens (tertiary/aromatic N) is 1. The first-order valence-corrected chi connectivity index (χ1v) is 5.41. The molecule has 1 unspecified atom stereocenters. The Morgan fingerprint density at radius 2 is 2.23 bits per heavy atom. The van der Waals surface area contributed by atoms with Crippen molar-refractivity contribution in [1.82, 2.24) is 4.90 Å². The summed E-state index contributed by atoms with van der Waals surface area (Å²) in [6.45, 7) is 8.45. The molecule has 1 heterocycles. The van der Waals surface area contributed by atoms with Crippen LogP contribution in [0.25, 0.3) is 0 Å². The van der Waals surface area contributed by atoms with Gasteiger partial charge in [0.1, 0.15) is 0 Å². The Morgan fingerprint density at radius 1 is 1.54 bits per heavy atom. The topological polar surface area (TPSA) is 20.3 Å². The van der Waals surface area contributed by atoms with Crippen LogP contribution in [0, 0.1) is 11.8 Å². The summed E-state index contributed by atoms with van der Waals surface area (Å²) in [6, 6.07) is 0. The normalized spacial score (nSPS) is 22.8. The first-order valence-electron chi connectivity index (χ1n) is 5.41. The van der Waals surface area contributed by atoms with Crippen LogP contribution in [-0.2, 0) is 4.79 Å². The molecule has 1 fully saturated rings. The van der Waals surface area contributed by atoms with Gasteiger partial charge in [-0.3, -0.25) is 4.79 Å². The lowest BCUT2D eigenvalue weighted by Crippen LogP contribution is -2.27. The maximum Gasteiger partial charge on any atom is 0.222 e. The molecule has 0 saturated carbocycles. The van der Waals surface area contributed by atoms with E-state index in [2.05, 4.69) is 13.8 Å². The molecule has 1 saturated heterocycles. The minimum absolute atomic E-state index is 0.325. The van der Waals surface area contributed by atoms with Gasteiger partial charge in [-0.1, -0.05) is 20.8 Å². The van der Waals surface area contributed by atoms with E-state index in [0.29, 0.717) is 12.3 Å². The van der Waals surface area contributed by atoms with Crippen molar-refractivity contribution in [2.45, 2.75) is 40.0 Å². The Bertz CT molecular complexity index is 177.